The molecule has 32 heavy (non-hydrogen) atoms. The fourth-order valence-electron chi connectivity index (χ4n) is 4.29. The molecule has 2 amide bonds. The molecule has 1 fully saturated rings. The number of hydrogen-bond donors (Lipinski definition) is 1. The molecule has 1 aliphatic heterocycles. The Bertz CT molecular complexity index is 1080. The molecule has 1 saturated carbocycles. The summed E-state index contributed by atoms with van der Waals surface area (Å²) in [7, 11) is 0. The first-order chi connectivity index (χ1) is 15.7. The Morgan fingerprint density at radius 1 is 1.03 bits per heavy atom. The lowest BCUT2D eigenvalue weighted by Crippen LogP contribution is -2.46. The first kappa shape index (κ1) is 21.0. The Labute approximate surface area is 194 Å². The average molecular weight is 469 g/mol. The molecular formula is C24H24N2O4S2. The number of nitrogens with zero attached hydrogens (tertiary/aromatic N) is 1. The van der Waals surface area contributed by atoms with Gasteiger partial charge in [-0.2, -0.15) is 0 Å². The average Bonchev–Trinajstić information content (AvgIpc) is 3.59. The number of rotatable bonds is 7. The van der Waals surface area contributed by atoms with E-state index in [1.807, 2.05) is 41.1 Å². The third kappa shape index (κ3) is 4.38. The van der Waals surface area contributed by atoms with Crippen molar-refractivity contribution in [2.45, 2.75) is 44.2 Å². The maximum atomic E-state index is 13.7. The van der Waals surface area contributed by atoms with Crippen molar-refractivity contribution in [3.05, 3.63) is 63.0 Å². The van der Waals surface area contributed by atoms with Gasteiger partial charge in [-0.3, -0.25) is 14.5 Å². The van der Waals surface area contributed by atoms with Crippen molar-refractivity contribution in [3.8, 4) is 11.5 Å². The van der Waals surface area contributed by atoms with Crippen molar-refractivity contribution in [1.29, 1.82) is 0 Å². The van der Waals surface area contributed by atoms with Crippen LogP contribution in [0.2, 0.25) is 0 Å². The number of hydrogen-bond acceptors (Lipinski definition) is 6. The summed E-state index contributed by atoms with van der Waals surface area (Å²) in [4.78, 5) is 30.7. The lowest BCUT2D eigenvalue weighted by atomic mass is 10.1. The largest absolute Gasteiger partial charge is 0.454 e. The minimum absolute atomic E-state index is 0.133. The number of benzene rings is 1. The molecule has 6 nitrogen and oxygen atoms in total. The highest BCUT2D eigenvalue weighted by Gasteiger charge is 2.35. The Morgan fingerprint density at radius 3 is 2.56 bits per heavy atom. The SMILES string of the molecule is O=C(NC1CCCC1)[C@@H](c1cccs1)N(C(=O)Cc1cccs1)c1ccc2c(c1)OCO2. The van der Waals surface area contributed by atoms with E-state index in [1.165, 1.54) is 22.7 Å². The number of nitrogens with one attached hydrogen (secondary N) is 1. The fraction of sp³-hybridized carbons (Fsp3) is 0.333. The van der Waals surface area contributed by atoms with E-state index < -0.39 is 6.04 Å². The maximum Gasteiger partial charge on any atom is 0.248 e. The van der Waals surface area contributed by atoms with Crippen molar-refractivity contribution in [2.75, 3.05) is 11.7 Å². The van der Waals surface area contributed by atoms with E-state index in [-0.39, 0.29) is 31.1 Å². The van der Waals surface area contributed by atoms with Crippen LogP contribution in [0.5, 0.6) is 11.5 Å². The first-order valence-electron chi connectivity index (χ1n) is 10.8. The molecule has 1 N–H and O–H groups in total. The molecule has 2 aromatic heterocycles. The van der Waals surface area contributed by atoms with Crippen molar-refractivity contribution >= 4 is 40.2 Å². The van der Waals surface area contributed by atoms with Gasteiger partial charge in [0.05, 0.1) is 6.42 Å². The second kappa shape index (κ2) is 9.34. The predicted molar refractivity (Wildman–Crippen MR) is 126 cm³/mol. The molecule has 8 heteroatoms. The van der Waals surface area contributed by atoms with E-state index in [2.05, 4.69) is 5.32 Å². The summed E-state index contributed by atoms with van der Waals surface area (Å²) in [6.07, 6.45) is 4.44. The number of fused-ring (bicyclic) bond motifs is 1. The fourth-order valence-corrected chi connectivity index (χ4v) is 5.80. The van der Waals surface area contributed by atoms with E-state index in [0.717, 1.165) is 35.4 Å². The summed E-state index contributed by atoms with van der Waals surface area (Å²) < 4.78 is 11.0. The highest BCUT2D eigenvalue weighted by Crippen LogP contribution is 2.39. The summed E-state index contributed by atoms with van der Waals surface area (Å²) >= 11 is 3.02. The second-order valence-electron chi connectivity index (χ2n) is 7.97. The van der Waals surface area contributed by atoms with Gasteiger partial charge in [0.15, 0.2) is 11.5 Å². The molecule has 3 heterocycles. The van der Waals surface area contributed by atoms with Gasteiger partial charge < -0.3 is 14.8 Å². The molecule has 0 spiro atoms. The second-order valence-corrected chi connectivity index (χ2v) is 9.98. The predicted octanol–water partition coefficient (Wildman–Crippen LogP) is 4.91. The topological polar surface area (TPSA) is 67.9 Å². The molecular weight excluding hydrogens is 444 g/mol. The number of carbonyl (C=O) groups is 2. The van der Waals surface area contributed by atoms with E-state index in [1.54, 1.807) is 17.0 Å². The zero-order chi connectivity index (χ0) is 21.9. The lowest BCUT2D eigenvalue weighted by molar-refractivity contribution is -0.126. The summed E-state index contributed by atoms with van der Waals surface area (Å²) in [5.74, 6) is 0.947. The van der Waals surface area contributed by atoms with Crippen molar-refractivity contribution in [2.24, 2.45) is 0 Å². The van der Waals surface area contributed by atoms with Gasteiger partial charge in [0.25, 0.3) is 0 Å². The van der Waals surface area contributed by atoms with E-state index in [9.17, 15) is 9.59 Å². The molecule has 5 rings (SSSR count). The summed E-state index contributed by atoms with van der Waals surface area (Å²) in [6.45, 7) is 0.151. The number of ether oxygens (including phenoxy) is 2. The lowest BCUT2D eigenvalue weighted by Gasteiger charge is -2.31. The Kier molecular flexibility index (Phi) is 6.14. The number of amides is 2. The Morgan fingerprint density at radius 2 is 1.81 bits per heavy atom. The van der Waals surface area contributed by atoms with Crippen LogP contribution in [0.4, 0.5) is 5.69 Å². The Balaban J connectivity index is 1.53. The van der Waals surface area contributed by atoms with Crippen LogP contribution in [0.1, 0.15) is 41.5 Å². The van der Waals surface area contributed by atoms with Crippen LogP contribution < -0.4 is 19.7 Å². The van der Waals surface area contributed by atoms with E-state index >= 15 is 0 Å². The summed E-state index contributed by atoms with van der Waals surface area (Å²) in [5, 5.41) is 7.10. The molecule has 1 aliphatic carbocycles. The maximum absolute atomic E-state index is 13.7. The summed E-state index contributed by atoms with van der Waals surface area (Å²) in [6, 6.07) is 12.5. The highest BCUT2D eigenvalue weighted by molar-refractivity contribution is 7.10. The van der Waals surface area contributed by atoms with Gasteiger partial charge in [0.1, 0.15) is 6.04 Å². The van der Waals surface area contributed by atoms with Crippen LogP contribution in [0.25, 0.3) is 0 Å². The van der Waals surface area contributed by atoms with Crippen molar-refractivity contribution < 1.29 is 19.1 Å². The Hall–Kier alpha value is -2.84. The summed E-state index contributed by atoms with van der Waals surface area (Å²) in [5.41, 5.74) is 0.621. The molecule has 0 bridgehead atoms. The quantitative estimate of drug-likeness (QED) is 0.535. The third-order valence-corrected chi connectivity index (χ3v) is 7.63. The zero-order valence-electron chi connectivity index (χ0n) is 17.5. The van der Waals surface area contributed by atoms with E-state index in [4.69, 9.17) is 9.47 Å². The highest BCUT2D eigenvalue weighted by atomic mass is 32.1. The zero-order valence-corrected chi connectivity index (χ0v) is 19.1. The molecule has 0 unspecified atom stereocenters. The minimum atomic E-state index is -0.747. The van der Waals surface area contributed by atoms with Gasteiger partial charge in [-0.15, -0.1) is 22.7 Å². The van der Waals surface area contributed by atoms with Crippen LogP contribution in [-0.2, 0) is 16.0 Å². The van der Waals surface area contributed by atoms with Crippen LogP contribution in [-0.4, -0.2) is 24.6 Å². The van der Waals surface area contributed by atoms with Gasteiger partial charge >= 0.3 is 0 Å². The van der Waals surface area contributed by atoms with Gasteiger partial charge in [-0.25, -0.2) is 0 Å². The van der Waals surface area contributed by atoms with Gasteiger partial charge in [-0.1, -0.05) is 25.0 Å². The van der Waals surface area contributed by atoms with Crippen molar-refractivity contribution in [1.82, 2.24) is 5.32 Å². The number of anilines is 1. The monoisotopic (exact) mass is 468 g/mol. The minimum Gasteiger partial charge on any atom is -0.454 e. The molecule has 0 saturated heterocycles. The first-order valence-corrected chi connectivity index (χ1v) is 12.5. The smallest absolute Gasteiger partial charge is 0.248 e. The van der Waals surface area contributed by atoms with Crippen molar-refractivity contribution in [3.63, 3.8) is 0 Å². The molecule has 1 aromatic carbocycles. The molecule has 2 aliphatic rings. The molecule has 166 valence electrons. The normalized spacial score (nSPS) is 16.1. The number of thiophene rings is 2. The molecule has 0 radical (unpaired) electrons. The van der Waals surface area contributed by atoms with E-state index in [0.29, 0.717) is 17.2 Å². The van der Waals surface area contributed by atoms with Crippen LogP contribution in [0, 0.1) is 0 Å². The third-order valence-electron chi connectivity index (χ3n) is 5.83. The van der Waals surface area contributed by atoms with Crippen LogP contribution in [0.3, 0.4) is 0 Å². The van der Waals surface area contributed by atoms with Crippen LogP contribution >= 0.6 is 22.7 Å². The van der Waals surface area contributed by atoms with Gasteiger partial charge in [0.2, 0.25) is 18.6 Å². The standard InChI is InChI=1S/C24H24N2O4S2/c27-22(14-18-7-3-11-31-18)26(17-9-10-19-20(13-17)30-15-29-19)23(21-8-4-12-32-21)24(28)25-16-5-1-2-6-16/h3-4,7-13,16,23H,1-2,5-6,14-15H2,(H,25,28)/t23-/m1/s1. The van der Waals surface area contributed by atoms with Crippen LogP contribution in [0.15, 0.2) is 53.2 Å². The molecule has 1 atom stereocenters. The van der Waals surface area contributed by atoms with Gasteiger partial charge in [-0.05, 0) is 47.9 Å². The molecule has 3 aromatic rings. The van der Waals surface area contributed by atoms with Gasteiger partial charge in [0, 0.05) is 27.5 Å². The number of carbonyl (C=O) groups excluding carboxylic acids is 2.